The summed E-state index contributed by atoms with van der Waals surface area (Å²) in [6, 6.07) is 19.0. The van der Waals surface area contributed by atoms with E-state index in [2.05, 4.69) is 16.8 Å². The molecular weight excluding hydrogens is 466 g/mol. The third-order valence-electron chi connectivity index (χ3n) is 6.54. The number of rotatable bonds is 7. The molecule has 0 spiro atoms. The van der Waals surface area contributed by atoms with Crippen LogP contribution in [0, 0.1) is 0 Å². The zero-order chi connectivity index (χ0) is 23.5. The quantitative estimate of drug-likeness (QED) is 0.457. The van der Waals surface area contributed by atoms with Gasteiger partial charge in [-0.3, -0.25) is 4.31 Å². The van der Waals surface area contributed by atoms with E-state index in [9.17, 15) is 8.42 Å². The minimum Gasteiger partial charge on any atom is -0.493 e. The fourth-order valence-electron chi connectivity index (χ4n) is 4.52. The maximum Gasteiger partial charge on any atom is 0.264 e. The van der Waals surface area contributed by atoms with Gasteiger partial charge < -0.3 is 14.5 Å². The van der Waals surface area contributed by atoms with Crippen molar-refractivity contribution in [2.24, 2.45) is 0 Å². The Morgan fingerprint density at radius 3 is 2.53 bits per heavy atom. The second kappa shape index (κ2) is 10.2. The Bertz CT molecular complexity index is 1260. The Kier molecular flexibility index (Phi) is 7.01. The standard InChI is InChI=1S/C26H31N3O3S2/c1-27-12-14-28(15-13-27)11-4-17-32-23-8-10-26-25(20-23)29(16-18-33-26)34(30,31)24-9-7-21-5-2-3-6-22(21)19-24/h2-3,5-10,19-20H,4,11-18H2,1H3. The number of hydrogen-bond donors (Lipinski definition) is 0. The molecule has 0 saturated carbocycles. The van der Waals surface area contributed by atoms with Crippen LogP contribution in [0.15, 0.2) is 70.5 Å². The molecule has 0 bridgehead atoms. The van der Waals surface area contributed by atoms with Gasteiger partial charge >= 0.3 is 0 Å². The summed E-state index contributed by atoms with van der Waals surface area (Å²) in [5, 5.41) is 1.95. The number of sulfonamides is 1. The van der Waals surface area contributed by atoms with Crippen LogP contribution in [0.25, 0.3) is 10.8 Å². The van der Waals surface area contributed by atoms with E-state index in [4.69, 9.17) is 4.74 Å². The summed E-state index contributed by atoms with van der Waals surface area (Å²) >= 11 is 1.69. The Morgan fingerprint density at radius 1 is 0.912 bits per heavy atom. The van der Waals surface area contributed by atoms with Gasteiger partial charge in [0.15, 0.2) is 0 Å². The normalized spacial score (nSPS) is 17.6. The average molecular weight is 498 g/mol. The summed E-state index contributed by atoms with van der Waals surface area (Å²) < 4.78 is 34.8. The molecule has 180 valence electrons. The molecule has 8 heteroatoms. The van der Waals surface area contributed by atoms with Gasteiger partial charge in [-0.1, -0.05) is 30.3 Å². The molecule has 3 aromatic rings. The highest BCUT2D eigenvalue weighted by molar-refractivity contribution is 8.00. The van der Waals surface area contributed by atoms with Crippen LogP contribution in [0.5, 0.6) is 5.75 Å². The summed E-state index contributed by atoms with van der Waals surface area (Å²) in [6.07, 6.45) is 0.953. The van der Waals surface area contributed by atoms with Gasteiger partial charge in [0.25, 0.3) is 10.0 Å². The van der Waals surface area contributed by atoms with E-state index < -0.39 is 10.0 Å². The number of nitrogens with zero attached hydrogens (tertiary/aromatic N) is 3. The first-order chi connectivity index (χ1) is 16.5. The minimum atomic E-state index is -3.67. The molecule has 0 atom stereocenters. The summed E-state index contributed by atoms with van der Waals surface area (Å²) in [5.74, 6) is 1.45. The monoisotopic (exact) mass is 497 g/mol. The molecule has 0 aromatic heterocycles. The van der Waals surface area contributed by atoms with Crippen molar-refractivity contribution in [2.75, 3.05) is 63.0 Å². The van der Waals surface area contributed by atoms with Crippen molar-refractivity contribution >= 4 is 38.2 Å². The maximum atomic E-state index is 13.6. The molecule has 5 rings (SSSR count). The summed E-state index contributed by atoms with van der Waals surface area (Å²) in [4.78, 5) is 6.13. The molecule has 2 aliphatic rings. The highest BCUT2D eigenvalue weighted by atomic mass is 32.2. The molecule has 0 unspecified atom stereocenters. The number of anilines is 1. The summed E-state index contributed by atoms with van der Waals surface area (Å²) in [6.45, 7) is 6.53. The van der Waals surface area contributed by atoms with Crippen molar-refractivity contribution < 1.29 is 13.2 Å². The summed E-state index contributed by atoms with van der Waals surface area (Å²) in [5.41, 5.74) is 0.709. The third-order valence-corrected chi connectivity index (χ3v) is 9.40. The number of likely N-dealkylation sites (N-methyl/N-ethyl adjacent to an activating group) is 1. The van der Waals surface area contributed by atoms with Crippen molar-refractivity contribution in [1.82, 2.24) is 9.80 Å². The predicted molar refractivity (Wildman–Crippen MR) is 140 cm³/mol. The Hall–Kier alpha value is -2.26. The van der Waals surface area contributed by atoms with Crippen molar-refractivity contribution in [1.29, 1.82) is 0 Å². The molecule has 34 heavy (non-hydrogen) atoms. The van der Waals surface area contributed by atoms with Gasteiger partial charge in [-0.25, -0.2) is 8.42 Å². The van der Waals surface area contributed by atoms with E-state index in [1.54, 1.807) is 28.2 Å². The van der Waals surface area contributed by atoms with Crippen molar-refractivity contribution in [3.8, 4) is 5.75 Å². The van der Waals surface area contributed by atoms with Crippen LogP contribution in [0.3, 0.4) is 0 Å². The van der Waals surface area contributed by atoms with Gasteiger partial charge in [-0.15, -0.1) is 11.8 Å². The number of hydrogen-bond acceptors (Lipinski definition) is 6. The van der Waals surface area contributed by atoms with Gasteiger partial charge in [0, 0.05) is 56.0 Å². The molecule has 1 saturated heterocycles. The highest BCUT2D eigenvalue weighted by Crippen LogP contribution is 2.40. The molecule has 1 fully saturated rings. The SMILES string of the molecule is CN1CCN(CCCOc2ccc3c(c2)N(S(=O)(=O)c2ccc4ccccc4c2)CCS3)CC1. The smallest absolute Gasteiger partial charge is 0.264 e. The molecule has 0 aliphatic carbocycles. The lowest BCUT2D eigenvalue weighted by atomic mass is 10.1. The number of thioether (sulfide) groups is 1. The molecule has 2 heterocycles. The first-order valence-electron chi connectivity index (χ1n) is 11.8. The van der Waals surface area contributed by atoms with E-state index in [1.807, 2.05) is 48.5 Å². The van der Waals surface area contributed by atoms with Crippen LogP contribution in [0.2, 0.25) is 0 Å². The molecule has 3 aromatic carbocycles. The summed E-state index contributed by atoms with van der Waals surface area (Å²) in [7, 11) is -1.51. The first kappa shape index (κ1) is 23.5. The highest BCUT2D eigenvalue weighted by Gasteiger charge is 2.30. The third kappa shape index (κ3) is 5.05. The van der Waals surface area contributed by atoms with E-state index in [1.165, 1.54) is 0 Å². The largest absolute Gasteiger partial charge is 0.493 e. The molecule has 2 aliphatic heterocycles. The van der Waals surface area contributed by atoms with Crippen LogP contribution >= 0.6 is 11.8 Å². The molecule has 0 N–H and O–H groups in total. The Labute approximate surface area is 206 Å². The Morgan fingerprint density at radius 2 is 1.71 bits per heavy atom. The van der Waals surface area contributed by atoms with E-state index in [-0.39, 0.29) is 0 Å². The fourth-order valence-corrected chi connectivity index (χ4v) is 7.18. The van der Waals surface area contributed by atoms with Gasteiger partial charge in [0.1, 0.15) is 5.75 Å². The maximum absolute atomic E-state index is 13.6. The zero-order valence-corrected chi connectivity index (χ0v) is 21.2. The molecule has 0 amide bonds. The molecule has 0 radical (unpaired) electrons. The van der Waals surface area contributed by atoms with Crippen molar-refractivity contribution in [3.05, 3.63) is 60.7 Å². The first-order valence-corrected chi connectivity index (χ1v) is 14.3. The second-order valence-electron chi connectivity index (χ2n) is 8.91. The number of piperazine rings is 1. The van der Waals surface area contributed by atoms with E-state index in [0.717, 1.165) is 66.3 Å². The lowest BCUT2D eigenvalue weighted by molar-refractivity contribution is 0.145. The van der Waals surface area contributed by atoms with Crippen LogP contribution in [0.1, 0.15) is 6.42 Å². The van der Waals surface area contributed by atoms with Crippen molar-refractivity contribution in [2.45, 2.75) is 16.2 Å². The predicted octanol–water partition coefficient (Wildman–Crippen LogP) is 4.16. The van der Waals surface area contributed by atoms with Crippen LogP contribution in [-0.4, -0.2) is 76.9 Å². The van der Waals surface area contributed by atoms with Gasteiger partial charge in [-0.05, 0) is 48.5 Å². The van der Waals surface area contributed by atoms with Gasteiger partial charge in [-0.2, -0.15) is 0 Å². The number of benzene rings is 3. The van der Waals surface area contributed by atoms with E-state index in [0.29, 0.717) is 23.7 Å². The topological polar surface area (TPSA) is 53.1 Å². The van der Waals surface area contributed by atoms with Crippen LogP contribution < -0.4 is 9.04 Å². The molecule has 6 nitrogen and oxygen atoms in total. The van der Waals surface area contributed by atoms with E-state index >= 15 is 0 Å². The van der Waals surface area contributed by atoms with Crippen LogP contribution in [0.4, 0.5) is 5.69 Å². The zero-order valence-electron chi connectivity index (χ0n) is 19.5. The Balaban J connectivity index is 1.30. The van der Waals surface area contributed by atoms with Crippen LogP contribution in [-0.2, 0) is 10.0 Å². The lowest BCUT2D eigenvalue weighted by Gasteiger charge is -2.32. The lowest BCUT2D eigenvalue weighted by Crippen LogP contribution is -2.44. The second-order valence-corrected chi connectivity index (χ2v) is 11.9. The van der Waals surface area contributed by atoms with Gasteiger partial charge in [0.2, 0.25) is 0 Å². The van der Waals surface area contributed by atoms with Crippen molar-refractivity contribution in [3.63, 3.8) is 0 Å². The fraction of sp³-hybridized carbons (Fsp3) is 0.385. The molecular formula is C26H31N3O3S2. The number of fused-ring (bicyclic) bond motifs is 2. The number of ether oxygens (including phenoxy) is 1. The minimum absolute atomic E-state index is 0.322. The average Bonchev–Trinajstić information content (AvgIpc) is 2.87. The van der Waals surface area contributed by atoms with Gasteiger partial charge in [0.05, 0.1) is 17.2 Å².